The van der Waals surface area contributed by atoms with Crippen LogP contribution in [0.2, 0.25) is 0 Å². The van der Waals surface area contributed by atoms with E-state index in [1.54, 1.807) is 0 Å². The maximum Gasteiger partial charge on any atom is 0.151 e. The second-order valence-electron chi connectivity index (χ2n) is 5.03. The lowest BCUT2D eigenvalue weighted by Crippen LogP contribution is -2.09. The van der Waals surface area contributed by atoms with Gasteiger partial charge in [-0.2, -0.15) is 0 Å². The Morgan fingerprint density at radius 2 is 2.00 bits per heavy atom. The molecule has 3 rings (SSSR count). The monoisotopic (exact) mass is 348 g/mol. The van der Waals surface area contributed by atoms with Crippen LogP contribution in [0.4, 0.5) is 0 Å². The smallest absolute Gasteiger partial charge is 0.151 e. The molecule has 2 fully saturated rings. The van der Waals surface area contributed by atoms with Crippen LogP contribution in [0.3, 0.4) is 0 Å². The Bertz CT molecular complexity index is 649. The highest BCUT2D eigenvalue weighted by molar-refractivity contribution is 9.10. The van der Waals surface area contributed by atoms with E-state index in [-0.39, 0.29) is 17.4 Å². The zero-order valence-corrected chi connectivity index (χ0v) is 12.9. The van der Waals surface area contributed by atoms with Gasteiger partial charge in [-0.3, -0.25) is 0 Å². The van der Waals surface area contributed by atoms with Crippen LogP contribution in [-0.4, -0.2) is 29.9 Å². The quantitative estimate of drug-likeness (QED) is 0.834. The van der Waals surface area contributed by atoms with Crippen molar-refractivity contribution in [2.75, 3.05) is 11.5 Å². The molecule has 0 bridgehead atoms. The number of sulfone groups is 1. The van der Waals surface area contributed by atoms with Gasteiger partial charge in [0.2, 0.25) is 0 Å². The lowest BCUT2D eigenvalue weighted by Gasteiger charge is -2.11. The first-order valence-corrected chi connectivity index (χ1v) is 8.98. The van der Waals surface area contributed by atoms with Crippen molar-refractivity contribution in [1.29, 1.82) is 0 Å². The van der Waals surface area contributed by atoms with Crippen molar-refractivity contribution in [2.45, 2.75) is 31.1 Å². The second kappa shape index (κ2) is 4.38. The number of halogens is 1. The summed E-state index contributed by atoms with van der Waals surface area (Å²) in [6.07, 6.45) is 2.97. The van der Waals surface area contributed by atoms with Gasteiger partial charge in [-0.15, -0.1) is 0 Å². The summed E-state index contributed by atoms with van der Waals surface area (Å²) in [6, 6.07) is 0. The van der Waals surface area contributed by atoms with Crippen LogP contribution in [-0.2, 0) is 9.84 Å². The molecule has 1 aromatic heterocycles. The van der Waals surface area contributed by atoms with E-state index in [1.165, 1.54) is 0 Å². The van der Waals surface area contributed by atoms with E-state index >= 15 is 0 Å². The van der Waals surface area contributed by atoms with Crippen LogP contribution in [0.1, 0.15) is 42.6 Å². The minimum absolute atomic E-state index is 0.0256. The number of H-pyrrole nitrogens is 1. The summed E-state index contributed by atoms with van der Waals surface area (Å²) in [5, 5.41) is 0. The second-order valence-corrected chi connectivity index (χ2v) is 8.44. The summed E-state index contributed by atoms with van der Waals surface area (Å²) in [7, 11) is -2.89. The van der Waals surface area contributed by atoms with Crippen LogP contribution in [0.25, 0.3) is 0 Å². The molecule has 1 aliphatic carbocycles. The van der Waals surface area contributed by atoms with Gasteiger partial charge in [0.25, 0.3) is 0 Å². The molecule has 4 nitrogen and oxygen atoms in total. The highest BCUT2D eigenvalue weighted by Crippen LogP contribution is 2.43. The van der Waals surface area contributed by atoms with Gasteiger partial charge in [-0.1, -0.05) is 12.2 Å². The summed E-state index contributed by atoms with van der Waals surface area (Å²) in [5.41, 5.74) is 1.09. The van der Waals surface area contributed by atoms with Crippen LogP contribution >= 0.6 is 28.1 Å². The number of nitrogens with zero attached hydrogens (tertiary/aromatic N) is 1. The van der Waals surface area contributed by atoms with E-state index in [1.807, 2.05) is 0 Å². The van der Waals surface area contributed by atoms with E-state index in [9.17, 15) is 8.42 Å². The molecule has 0 aromatic carbocycles. The summed E-state index contributed by atoms with van der Waals surface area (Å²) < 4.78 is 24.4. The van der Waals surface area contributed by atoms with Gasteiger partial charge in [0, 0.05) is 17.5 Å². The van der Waals surface area contributed by atoms with Gasteiger partial charge in [-0.25, -0.2) is 13.4 Å². The van der Waals surface area contributed by atoms with Gasteiger partial charge in [0.1, 0.15) is 10.5 Å². The van der Waals surface area contributed by atoms with Crippen molar-refractivity contribution in [3.05, 3.63) is 20.6 Å². The topological polar surface area (TPSA) is 62.8 Å². The molecule has 1 aromatic rings. The van der Waals surface area contributed by atoms with Crippen LogP contribution in [0.5, 0.6) is 0 Å². The zero-order valence-electron chi connectivity index (χ0n) is 9.65. The van der Waals surface area contributed by atoms with Crippen molar-refractivity contribution < 1.29 is 8.42 Å². The van der Waals surface area contributed by atoms with E-state index in [0.29, 0.717) is 17.0 Å². The molecule has 2 aliphatic rings. The molecule has 2 heterocycles. The van der Waals surface area contributed by atoms with Crippen LogP contribution in [0.15, 0.2) is 4.47 Å². The molecular weight excluding hydrogens is 336 g/mol. The first-order valence-electron chi connectivity index (χ1n) is 5.96. The third kappa shape index (κ3) is 2.40. The minimum atomic E-state index is -2.89. The molecule has 1 atom stereocenters. The predicted octanol–water partition coefficient (Wildman–Crippen LogP) is 2.68. The van der Waals surface area contributed by atoms with Crippen LogP contribution in [0, 0.1) is 4.64 Å². The lowest BCUT2D eigenvalue weighted by atomic mass is 10.1. The molecule has 1 N–H and O–H groups in total. The number of rotatable bonds is 2. The largest absolute Gasteiger partial charge is 0.346 e. The standard InChI is InChI=1S/C11H13BrN2O2S2/c12-8-9(6-1-2-6)13-10(14-11(8)17)7-3-4-18(15,16)5-7/h6-7H,1-5H2,(H,13,14,17). The summed E-state index contributed by atoms with van der Waals surface area (Å²) in [6.45, 7) is 0. The molecule has 98 valence electrons. The minimum Gasteiger partial charge on any atom is -0.346 e. The molecular formula is C11H13BrN2O2S2. The fourth-order valence-corrected chi connectivity index (χ4v) is 4.82. The molecule has 0 radical (unpaired) electrons. The summed E-state index contributed by atoms with van der Waals surface area (Å²) >= 11 is 8.71. The molecule has 1 aliphatic heterocycles. The summed E-state index contributed by atoms with van der Waals surface area (Å²) in [5.74, 6) is 1.69. The first-order chi connectivity index (χ1) is 8.46. The normalized spacial score (nSPS) is 26.4. The third-order valence-corrected chi connectivity index (χ3v) is 6.64. The fourth-order valence-electron chi connectivity index (χ4n) is 2.35. The number of hydrogen-bond donors (Lipinski definition) is 1. The SMILES string of the molecule is O=S1(=O)CCC(c2nc(=S)c(Br)c(C3CC3)[nH]2)C1. The Kier molecular flexibility index (Phi) is 3.10. The van der Waals surface area contributed by atoms with Gasteiger partial charge < -0.3 is 4.98 Å². The summed E-state index contributed by atoms with van der Waals surface area (Å²) in [4.78, 5) is 7.65. The maximum absolute atomic E-state index is 11.5. The number of aromatic amines is 1. The Hall–Kier alpha value is -0.270. The molecule has 1 saturated carbocycles. The average molecular weight is 349 g/mol. The van der Waals surface area contributed by atoms with E-state index < -0.39 is 9.84 Å². The van der Waals surface area contributed by atoms with E-state index in [2.05, 4.69) is 25.9 Å². The van der Waals surface area contributed by atoms with Crippen molar-refractivity contribution in [1.82, 2.24) is 9.97 Å². The van der Waals surface area contributed by atoms with Gasteiger partial charge in [0.05, 0.1) is 16.0 Å². The Morgan fingerprint density at radius 3 is 2.56 bits per heavy atom. The van der Waals surface area contributed by atoms with E-state index in [4.69, 9.17) is 12.2 Å². The zero-order chi connectivity index (χ0) is 12.9. The number of nitrogens with one attached hydrogen (secondary N) is 1. The predicted molar refractivity (Wildman–Crippen MR) is 75.1 cm³/mol. The first kappa shape index (κ1) is 12.7. The molecule has 0 spiro atoms. The van der Waals surface area contributed by atoms with Crippen molar-refractivity contribution >= 4 is 38.0 Å². The molecule has 18 heavy (non-hydrogen) atoms. The fraction of sp³-hybridized carbons (Fsp3) is 0.636. The Balaban J connectivity index is 2.00. The highest BCUT2D eigenvalue weighted by atomic mass is 79.9. The Labute approximate surface area is 119 Å². The molecule has 0 amide bonds. The maximum atomic E-state index is 11.5. The van der Waals surface area contributed by atoms with Crippen molar-refractivity contribution in [3.8, 4) is 0 Å². The highest BCUT2D eigenvalue weighted by Gasteiger charge is 2.33. The van der Waals surface area contributed by atoms with E-state index in [0.717, 1.165) is 28.8 Å². The van der Waals surface area contributed by atoms with Crippen molar-refractivity contribution in [3.63, 3.8) is 0 Å². The lowest BCUT2D eigenvalue weighted by molar-refractivity contribution is 0.601. The van der Waals surface area contributed by atoms with Crippen LogP contribution < -0.4 is 0 Å². The third-order valence-electron chi connectivity index (χ3n) is 3.51. The molecule has 7 heteroatoms. The number of aromatic nitrogens is 2. The van der Waals surface area contributed by atoms with Crippen molar-refractivity contribution in [2.24, 2.45) is 0 Å². The molecule has 1 saturated heterocycles. The Morgan fingerprint density at radius 1 is 1.28 bits per heavy atom. The molecule has 1 unspecified atom stereocenters. The number of hydrogen-bond acceptors (Lipinski definition) is 4. The van der Waals surface area contributed by atoms with Gasteiger partial charge >= 0.3 is 0 Å². The van der Waals surface area contributed by atoms with Gasteiger partial charge in [-0.05, 0) is 35.2 Å². The van der Waals surface area contributed by atoms with Gasteiger partial charge in [0.15, 0.2) is 9.84 Å². The average Bonchev–Trinajstić information content (AvgIpc) is 3.07.